The number of hydrogen-bond acceptors (Lipinski definition) is 1. The summed E-state index contributed by atoms with van der Waals surface area (Å²) in [7, 11) is 1.87. The average molecular weight is 190 g/mol. The Balaban J connectivity index is 2.00. The summed E-state index contributed by atoms with van der Waals surface area (Å²) in [6.07, 6.45) is 16.5. The predicted molar refractivity (Wildman–Crippen MR) is 57.0 cm³/mol. The van der Waals surface area contributed by atoms with Gasteiger partial charge >= 0.3 is 0 Å². The van der Waals surface area contributed by atoms with Gasteiger partial charge in [0.25, 0.3) is 0 Å². The Kier molecular flexibility index (Phi) is 1.70. The normalized spacial score (nSPS) is 49.4. The van der Waals surface area contributed by atoms with E-state index in [1.807, 2.05) is 7.11 Å². The molecule has 2 saturated carbocycles. The van der Waals surface area contributed by atoms with Gasteiger partial charge in [-0.1, -0.05) is 37.1 Å². The molecule has 2 fully saturated rings. The minimum Gasteiger partial charge on any atom is -0.380 e. The summed E-state index contributed by atoms with van der Waals surface area (Å²) in [5.74, 6) is 0. The Bertz CT molecular complexity index is 304. The fraction of sp³-hybridized carbons (Fsp3) is 0.692. The van der Waals surface area contributed by atoms with Gasteiger partial charge in [0.15, 0.2) is 0 Å². The molecule has 0 aromatic heterocycles. The van der Waals surface area contributed by atoms with E-state index in [9.17, 15) is 0 Å². The van der Waals surface area contributed by atoms with Crippen molar-refractivity contribution in [2.75, 3.05) is 7.11 Å². The van der Waals surface area contributed by atoms with E-state index in [0.717, 1.165) is 0 Å². The van der Waals surface area contributed by atoms with Crippen LogP contribution in [0.2, 0.25) is 0 Å². The van der Waals surface area contributed by atoms with Gasteiger partial charge < -0.3 is 4.74 Å². The van der Waals surface area contributed by atoms with Gasteiger partial charge in [0.1, 0.15) is 0 Å². The van der Waals surface area contributed by atoms with E-state index >= 15 is 0 Å². The molecule has 0 unspecified atom stereocenters. The van der Waals surface area contributed by atoms with Crippen LogP contribution in [0.15, 0.2) is 24.3 Å². The summed E-state index contributed by atoms with van der Waals surface area (Å²) in [4.78, 5) is 0. The summed E-state index contributed by atoms with van der Waals surface area (Å²) in [6.45, 7) is 0. The molecule has 3 atom stereocenters. The molecule has 0 heterocycles. The Morgan fingerprint density at radius 2 is 1.93 bits per heavy atom. The highest BCUT2D eigenvalue weighted by atomic mass is 16.5. The molecule has 0 N–H and O–H groups in total. The number of ether oxygens (including phenoxy) is 1. The van der Waals surface area contributed by atoms with E-state index in [0.29, 0.717) is 16.9 Å². The van der Waals surface area contributed by atoms with Crippen LogP contribution in [-0.2, 0) is 4.74 Å². The van der Waals surface area contributed by atoms with Gasteiger partial charge in [0, 0.05) is 17.9 Å². The molecule has 0 amide bonds. The number of hydrogen-bond donors (Lipinski definition) is 0. The fourth-order valence-corrected chi connectivity index (χ4v) is 3.92. The lowest BCUT2D eigenvalue weighted by molar-refractivity contribution is -0.174. The molecule has 1 nitrogen and oxygen atoms in total. The molecule has 0 saturated heterocycles. The molecular formula is C13H18O. The molecule has 76 valence electrons. The van der Waals surface area contributed by atoms with Gasteiger partial charge in [-0.3, -0.25) is 0 Å². The van der Waals surface area contributed by atoms with E-state index < -0.39 is 0 Å². The van der Waals surface area contributed by atoms with Crippen molar-refractivity contribution >= 4 is 0 Å². The molecule has 1 heteroatoms. The molecule has 3 aliphatic rings. The van der Waals surface area contributed by atoms with Crippen molar-refractivity contribution in [2.45, 2.75) is 38.2 Å². The van der Waals surface area contributed by atoms with Crippen molar-refractivity contribution < 1.29 is 4.74 Å². The highest BCUT2D eigenvalue weighted by Gasteiger charge is 2.63. The molecule has 0 aromatic carbocycles. The Morgan fingerprint density at radius 3 is 2.79 bits per heavy atom. The summed E-state index contributed by atoms with van der Waals surface area (Å²) in [6, 6.07) is 0. The van der Waals surface area contributed by atoms with Crippen molar-refractivity contribution in [3.63, 3.8) is 0 Å². The third-order valence-corrected chi connectivity index (χ3v) is 4.72. The third-order valence-electron chi connectivity index (χ3n) is 4.72. The minimum atomic E-state index is 0.370. The lowest BCUT2D eigenvalue weighted by Crippen LogP contribution is -2.62. The maximum atomic E-state index is 5.63. The van der Waals surface area contributed by atoms with Gasteiger partial charge in [0.2, 0.25) is 0 Å². The smallest absolute Gasteiger partial charge is 0.0679 e. The Morgan fingerprint density at radius 1 is 1.14 bits per heavy atom. The third kappa shape index (κ3) is 0.802. The second kappa shape index (κ2) is 2.73. The highest BCUT2D eigenvalue weighted by molar-refractivity contribution is 5.34. The Hall–Kier alpha value is -0.560. The first-order chi connectivity index (χ1) is 6.83. The maximum Gasteiger partial charge on any atom is 0.0679 e. The van der Waals surface area contributed by atoms with Crippen molar-refractivity contribution in [1.29, 1.82) is 0 Å². The van der Waals surface area contributed by atoms with Gasteiger partial charge in [-0.25, -0.2) is 0 Å². The number of methoxy groups -OCH3 is 1. The van der Waals surface area contributed by atoms with Gasteiger partial charge in [-0.2, -0.15) is 0 Å². The average Bonchev–Trinajstić information content (AvgIpc) is 2.21. The summed E-state index contributed by atoms with van der Waals surface area (Å²) < 4.78 is 5.63. The van der Waals surface area contributed by atoms with Crippen LogP contribution in [0.4, 0.5) is 0 Å². The van der Waals surface area contributed by atoms with Crippen molar-refractivity contribution in [1.82, 2.24) is 0 Å². The first-order valence-electron chi connectivity index (χ1n) is 5.73. The topological polar surface area (TPSA) is 9.23 Å². The summed E-state index contributed by atoms with van der Waals surface area (Å²) in [5.41, 5.74) is 0.843. The van der Waals surface area contributed by atoms with Crippen LogP contribution in [0.25, 0.3) is 0 Å². The molecule has 0 aromatic rings. The largest absolute Gasteiger partial charge is 0.380 e. The van der Waals surface area contributed by atoms with Gasteiger partial charge in [0.05, 0.1) is 6.10 Å². The van der Waals surface area contributed by atoms with Crippen LogP contribution < -0.4 is 0 Å². The van der Waals surface area contributed by atoms with E-state index in [4.69, 9.17) is 4.74 Å². The lowest BCUT2D eigenvalue weighted by Gasteiger charge is -2.65. The van der Waals surface area contributed by atoms with E-state index in [1.165, 1.54) is 32.1 Å². The predicted octanol–water partition coefficient (Wildman–Crippen LogP) is 3.08. The minimum absolute atomic E-state index is 0.370. The standard InChI is InChI=1S/C13H18O/c1-14-11-10-12-6-2-4-8-13(11,12)9-5-3-7-12/h2,4,6,8,11H,3,5,7,9-10H2,1H3/t11-,12-,13-/m1/s1. The fourth-order valence-electron chi connectivity index (χ4n) is 3.92. The molecule has 0 radical (unpaired) electrons. The summed E-state index contributed by atoms with van der Waals surface area (Å²) >= 11 is 0. The van der Waals surface area contributed by atoms with Crippen LogP contribution >= 0.6 is 0 Å². The van der Waals surface area contributed by atoms with E-state index in [1.54, 1.807) is 0 Å². The second-order valence-corrected chi connectivity index (χ2v) is 5.05. The zero-order valence-corrected chi connectivity index (χ0v) is 8.83. The molecular weight excluding hydrogens is 172 g/mol. The first-order valence-corrected chi connectivity index (χ1v) is 5.73. The highest BCUT2D eigenvalue weighted by Crippen LogP contribution is 2.67. The molecule has 3 rings (SSSR count). The van der Waals surface area contributed by atoms with Crippen molar-refractivity contribution in [3.8, 4) is 0 Å². The maximum absolute atomic E-state index is 5.63. The van der Waals surface area contributed by atoms with Crippen molar-refractivity contribution in [2.24, 2.45) is 10.8 Å². The second-order valence-electron chi connectivity index (χ2n) is 5.05. The van der Waals surface area contributed by atoms with Crippen LogP contribution in [0.1, 0.15) is 32.1 Å². The molecule has 0 bridgehead atoms. The summed E-state index contributed by atoms with van der Waals surface area (Å²) in [5, 5.41) is 0. The van der Waals surface area contributed by atoms with Crippen LogP contribution in [0.5, 0.6) is 0 Å². The molecule has 0 aliphatic heterocycles. The number of rotatable bonds is 1. The zero-order chi connectivity index (χ0) is 9.65. The van der Waals surface area contributed by atoms with Crippen LogP contribution in [0.3, 0.4) is 0 Å². The SMILES string of the molecule is CO[C@@H]1C[C@]23C=CC=C[C@@]12CCCC3. The quantitative estimate of drug-likeness (QED) is 0.617. The van der Waals surface area contributed by atoms with Crippen LogP contribution in [0, 0.1) is 10.8 Å². The zero-order valence-electron chi connectivity index (χ0n) is 8.83. The van der Waals surface area contributed by atoms with E-state index in [2.05, 4.69) is 24.3 Å². The first kappa shape index (κ1) is 8.72. The van der Waals surface area contributed by atoms with Gasteiger partial charge in [-0.15, -0.1) is 0 Å². The van der Waals surface area contributed by atoms with Crippen molar-refractivity contribution in [3.05, 3.63) is 24.3 Å². The lowest BCUT2D eigenvalue weighted by atomic mass is 9.41. The molecule has 3 aliphatic carbocycles. The molecule has 14 heavy (non-hydrogen) atoms. The van der Waals surface area contributed by atoms with E-state index in [-0.39, 0.29) is 0 Å². The number of allylic oxidation sites excluding steroid dienone is 3. The Labute approximate surface area is 85.8 Å². The molecule has 0 spiro atoms. The monoisotopic (exact) mass is 190 g/mol. The van der Waals surface area contributed by atoms with Gasteiger partial charge in [-0.05, 0) is 19.3 Å². The van der Waals surface area contributed by atoms with Crippen LogP contribution in [-0.4, -0.2) is 13.2 Å².